The summed E-state index contributed by atoms with van der Waals surface area (Å²) in [5.41, 5.74) is 5.63. The molecule has 0 fully saturated rings. The van der Waals surface area contributed by atoms with Crippen LogP contribution in [0, 0.1) is 0 Å². The molecule has 114 valence electrons. The van der Waals surface area contributed by atoms with Gasteiger partial charge in [-0.2, -0.15) is 5.10 Å². The molecule has 0 amide bonds. The number of fused-ring (bicyclic) bond motifs is 2. The normalized spacial score (nSPS) is 14.3. The molecule has 4 aromatic rings. The smallest absolute Gasteiger partial charge is 0.229 e. The molecule has 5 nitrogen and oxygen atoms in total. The minimum absolute atomic E-state index is 0.798. The quantitative estimate of drug-likeness (QED) is 0.596. The number of para-hydroxylation sites is 2. The molecule has 0 unspecified atom stereocenters. The van der Waals surface area contributed by atoms with Crippen LogP contribution in [0.2, 0.25) is 0 Å². The van der Waals surface area contributed by atoms with Gasteiger partial charge in [0.1, 0.15) is 5.69 Å². The van der Waals surface area contributed by atoms with Gasteiger partial charge >= 0.3 is 0 Å². The van der Waals surface area contributed by atoms with Crippen LogP contribution in [-0.2, 0) is 13.0 Å². The van der Waals surface area contributed by atoms with Crippen molar-refractivity contribution in [2.24, 2.45) is 0 Å². The minimum Gasteiger partial charge on any atom is -0.322 e. The molecule has 6 heteroatoms. The predicted molar refractivity (Wildman–Crippen MR) is 91.9 cm³/mol. The van der Waals surface area contributed by atoms with E-state index in [9.17, 15) is 0 Å². The van der Waals surface area contributed by atoms with Gasteiger partial charge in [0.2, 0.25) is 5.95 Å². The zero-order valence-electron chi connectivity index (χ0n) is 12.4. The zero-order chi connectivity index (χ0) is 15.2. The first-order valence-electron chi connectivity index (χ1n) is 7.70. The Morgan fingerprint density at radius 2 is 2.09 bits per heavy atom. The van der Waals surface area contributed by atoms with E-state index >= 15 is 0 Å². The van der Waals surface area contributed by atoms with E-state index in [1.807, 2.05) is 28.9 Å². The third-order valence-corrected chi connectivity index (χ3v) is 5.14. The molecule has 0 bridgehead atoms. The summed E-state index contributed by atoms with van der Waals surface area (Å²) in [6.07, 6.45) is 0.963. The molecule has 1 aliphatic heterocycles. The van der Waals surface area contributed by atoms with Crippen LogP contribution in [0.5, 0.6) is 0 Å². The highest BCUT2D eigenvalue weighted by Crippen LogP contribution is 2.32. The zero-order valence-corrected chi connectivity index (χ0v) is 13.2. The van der Waals surface area contributed by atoms with Gasteiger partial charge in [-0.25, -0.2) is 9.67 Å². The summed E-state index contributed by atoms with van der Waals surface area (Å²) in [5, 5.41) is 10.4. The second kappa shape index (κ2) is 5.04. The summed E-state index contributed by atoms with van der Waals surface area (Å²) in [7, 11) is 0. The lowest BCUT2D eigenvalue weighted by atomic mass is 10.1. The molecule has 23 heavy (non-hydrogen) atoms. The number of rotatable bonds is 2. The average molecular weight is 321 g/mol. The van der Waals surface area contributed by atoms with Crippen molar-refractivity contribution in [1.82, 2.24) is 25.1 Å². The summed E-state index contributed by atoms with van der Waals surface area (Å²) in [5.74, 6) is 0.798. The number of nitrogens with zero attached hydrogens (tertiary/aromatic N) is 3. The van der Waals surface area contributed by atoms with Crippen LogP contribution in [0.15, 0.2) is 41.8 Å². The highest BCUT2D eigenvalue weighted by molar-refractivity contribution is 7.13. The molecule has 0 radical (unpaired) electrons. The van der Waals surface area contributed by atoms with Crippen molar-refractivity contribution < 1.29 is 0 Å². The number of aromatic nitrogens is 4. The SMILES string of the molecule is c1csc(-c2nn(-c3nc4ccccc4[nH]3)c3c2CNCC3)c1. The van der Waals surface area contributed by atoms with Gasteiger partial charge in [-0.15, -0.1) is 11.3 Å². The summed E-state index contributed by atoms with van der Waals surface area (Å²) in [6.45, 7) is 1.84. The van der Waals surface area contributed by atoms with E-state index in [2.05, 4.69) is 27.8 Å². The van der Waals surface area contributed by atoms with E-state index in [1.165, 1.54) is 16.1 Å². The molecule has 5 rings (SSSR count). The van der Waals surface area contributed by atoms with Crippen LogP contribution in [-0.4, -0.2) is 26.3 Å². The minimum atomic E-state index is 0.798. The number of aromatic amines is 1. The number of nitrogens with one attached hydrogen (secondary N) is 2. The maximum atomic E-state index is 4.89. The molecule has 0 spiro atoms. The largest absolute Gasteiger partial charge is 0.322 e. The molecule has 0 atom stereocenters. The number of thiophene rings is 1. The van der Waals surface area contributed by atoms with Gasteiger partial charge in [0.05, 0.1) is 21.6 Å². The van der Waals surface area contributed by atoms with Gasteiger partial charge in [0.25, 0.3) is 0 Å². The molecule has 2 N–H and O–H groups in total. The number of H-pyrrole nitrogens is 1. The van der Waals surface area contributed by atoms with Gasteiger partial charge in [0, 0.05) is 25.1 Å². The van der Waals surface area contributed by atoms with Crippen LogP contribution >= 0.6 is 11.3 Å². The first kappa shape index (κ1) is 13.0. The molecule has 1 aromatic carbocycles. The van der Waals surface area contributed by atoms with Gasteiger partial charge in [0.15, 0.2) is 0 Å². The number of imidazole rings is 1. The topological polar surface area (TPSA) is 58.5 Å². The first-order valence-corrected chi connectivity index (χ1v) is 8.58. The summed E-state index contributed by atoms with van der Waals surface area (Å²) < 4.78 is 1.99. The number of hydrogen-bond acceptors (Lipinski definition) is 4. The maximum Gasteiger partial charge on any atom is 0.229 e. The second-order valence-electron chi connectivity index (χ2n) is 5.67. The maximum absolute atomic E-state index is 4.89. The fourth-order valence-corrected chi connectivity index (χ4v) is 3.91. The fraction of sp³-hybridized carbons (Fsp3) is 0.176. The van der Waals surface area contributed by atoms with Crippen LogP contribution in [0.3, 0.4) is 0 Å². The van der Waals surface area contributed by atoms with E-state index in [0.717, 1.165) is 42.2 Å². The van der Waals surface area contributed by atoms with E-state index in [0.29, 0.717) is 0 Å². The van der Waals surface area contributed by atoms with Gasteiger partial charge in [-0.3, -0.25) is 0 Å². The average Bonchev–Trinajstić information content (AvgIpc) is 3.31. The predicted octanol–water partition coefficient (Wildman–Crippen LogP) is 3.12. The Balaban J connectivity index is 1.73. The van der Waals surface area contributed by atoms with Crippen molar-refractivity contribution in [3.63, 3.8) is 0 Å². The van der Waals surface area contributed by atoms with Gasteiger partial charge in [-0.1, -0.05) is 18.2 Å². The highest BCUT2D eigenvalue weighted by atomic mass is 32.1. The van der Waals surface area contributed by atoms with E-state index in [1.54, 1.807) is 11.3 Å². The Hall–Kier alpha value is -2.44. The lowest BCUT2D eigenvalue weighted by Gasteiger charge is -2.14. The van der Waals surface area contributed by atoms with E-state index in [4.69, 9.17) is 10.1 Å². The van der Waals surface area contributed by atoms with Crippen molar-refractivity contribution in [2.75, 3.05) is 6.54 Å². The standard InChI is InChI=1S/C17H15N5S/c1-2-5-13-12(4-1)19-17(20-13)22-14-7-8-18-10-11(14)16(21-22)15-6-3-9-23-15/h1-6,9,18H,7-8,10H2,(H,19,20). The van der Waals surface area contributed by atoms with E-state index in [-0.39, 0.29) is 0 Å². The lowest BCUT2D eigenvalue weighted by molar-refractivity contribution is 0.618. The second-order valence-corrected chi connectivity index (χ2v) is 6.61. The first-order chi connectivity index (χ1) is 11.4. The summed E-state index contributed by atoms with van der Waals surface area (Å²) >= 11 is 1.73. The molecular weight excluding hydrogens is 306 g/mol. The van der Waals surface area contributed by atoms with Crippen molar-refractivity contribution in [3.8, 4) is 16.5 Å². The monoisotopic (exact) mass is 321 g/mol. The Morgan fingerprint density at radius 1 is 1.13 bits per heavy atom. The molecule has 0 saturated carbocycles. The Morgan fingerprint density at radius 3 is 2.96 bits per heavy atom. The van der Waals surface area contributed by atoms with E-state index < -0.39 is 0 Å². The van der Waals surface area contributed by atoms with Crippen molar-refractivity contribution in [3.05, 3.63) is 53.0 Å². The lowest BCUT2D eigenvalue weighted by Crippen LogP contribution is -2.24. The van der Waals surface area contributed by atoms with Crippen molar-refractivity contribution in [2.45, 2.75) is 13.0 Å². The molecule has 1 aliphatic rings. The van der Waals surface area contributed by atoms with Gasteiger partial charge in [-0.05, 0) is 23.6 Å². The van der Waals surface area contributed by atoms with Gasteiger partial charge < -0.3 is 10.3 Å². The Bertz CT molecular complexity index is 947. The number of benzene rings is 1. The summed E-state index contributed by atoms with van der Waals surface area (Å²) in [6, 6.07) is 12.3. The van der Waals surface area contributed by atoms with Crippen molar-refractivity contribution >= 4 is 22.4 Å². The Labute approximate surface area is 137 Å². The number of hydrogen-bond donors (Lipinski definition) is 2. The van der Waals surface area contributed by atoms with Crippen molar-refractivity contribution in [1.29, 1.82) is 0 Å². The fourth-order valence-electron chi connectivity index (χ4n) is 3.17. The van der Waals surface area contributed by atoms with Crippen LogP contribution in [0.1, 0.15) is 11.3 Å². The molecule has 0 saturated heterocycles. The summed E-state index contributed by atoms with van der Waals surface area (Å²) in [4.78, 5) is 9.31. The molecule has 4 heterocycles. The third-order valence-electron chi connectivity index (χ3n) is 4.26. The molecule has 3 aromatic heterocycles. The van der Waals surface area contributed by atoms with Crippen LogP contribution < -0.4 is 5.32 Å². The third kappa shape index (κ3) is 2.03. The molecular formula is C17H15N5S. The Kier molecular flexibility index (Phi) is 2.86. The van der Waals surface area contributed by atoms with Crippen LogP contribution in [0.4, 0.5) is 0 Å². The highest BCUT2D eigenvalue weighted by Gasteiger charge is 2.24. The molecule has 0 aliphatic carbocycles. The van der Waals surface area contributed by atoms with Crippen LogP contribution in [0.25, 0.3) is 27.6 Å².